The van der Waals surface area contributed by atoms with Gasteiger partial charge in [0.15, 0.2) is 6.61 Å². The van der Waals surface area contributed by atoms with Crippen LogP contribution < -0.4 is 0 Å². The van der Waals surface area contributed by atoms with Crippen LogP contribution >= 0.6 is 11.6 Å². The van der Waals surface area contributed by atoms with Crippen molar-refractivity contribution >= 4 is 29.1 Å². The number of carbonyl (C=O) groups is 3. The van der Waals surface area contributed by atoms with E-state index in [0.29, 0.717) is 0 Å². The zero-order valence-electron chi connectivity index (χ0n) is 6.63. The minimum Gasteiger partial charge on any atom is -0.457 e. The molecule has 68 valence electrons. The number of ketones is 2. The molecule has 4 nitrogen and oxygen atoms in total. The van der Waals surface area contributed by atoms with Gasteiger partial charge in [0.05, 0.1) is 0 Å². The minimum atomic E-state index is -0.717. The highest BCUT2D eigenvalue weighted by molar-refractivity contribution is 6.39. The maximum atomic E-state index is 10.8. The second-order valence-corrected chi connectivity index (χ2v) is 2.44. The molecule has 0 aliphatic heterocycles. The fourth-order valence-corrected chi connectivity index (χ4v) is 0.645. The molecule has 0 aromatic rings. The predicted octanol–water partition coefficient (Wildman–Crippen LogP) is 0.317. The zero-order chi connectivity index (χ0) is 9.56. The number of carbonyl (C=O) groups excluding carboxylic acids is 3. The van der Waals surface area contributed by atoms with E-state index in [1.165, 1.54) is 6.92 Å². The third kappa shape index (κ3) is 4.85. The van der Waals surface area contributed by atoms with Crippen LogP contribution in [-0.2, 0) is 19.1 Å². The lowest BCUT2D eigenvalue weighted by atomic mass is 10.2. The Morgan fingerprint density at radius 3 is 2.25 bits per heavy atom. The molecule has 0 aromatic heterocycles. The fourth-order valence-electron chi connectivity index (χ4n) is 0.473. The second kappa shape index (κ2) is 5.71. The van der Waals surface area contributed by atoms with Gasteiger partial charge in [0.2, 0.25) is 11.6 Å². The molecule has 0 N–H and O–H groups in total. The topological polar surface area (TPSA) is 60.4 Å². The van der Waals surface area contributed by atoms with Crippen molar-refractivity contribution in [1.82, 2.24) is 0 Å². The molecule has 0 unspecified atom stereocenters. The SMILES string of the molecule is CC(=O)OCC(=O)C(=O)CCCl. The Labute approximate surface area is 74.8 Å². The molecule has 0 heterocycles. The first-order valence-corrected chi connectivity index (χ1v) is 3.86. The van der Waals surface area contributed by atoms with Crippen LogP contribution in [0.25, 0.3) is 0 Å². The summed E-state index contributed by atoms with van der Waals surface area (Å²) in [6.07, 6.45) is -0.0122. The lowest BCUT2D eigenvalue weighted by Crippen LogP contribution is -2.21. The number of esters is 1. The number of ether oxygens (including phenoxy) is 1. The van der Waals surface area contributed by atoms with Crippen LogP contribution in [-0.4, -0.2) is 30.0 Å². The van der Waals surface area contributed by atoms with Crippen molar-refractivity contribution in [1.29, 1.82) is 0 Å². The number of halogens is 1. The van der Waals surface area contributed by atoms with Crippen molar-refractivity contribution in [2.24, 2.45) is 0 Å². The van der Waals surface area contributed by atoms with Gasteiger partial charge in [0.1, 0.15) is 0 Å². The Balaban J connectivity index is 3.72. The summed E-state index contributed by atoms with van der Waals surface area (Å²) >= 11 is 5.22. The van der Waals surface area contributed by atoms with E-state index < -0.39 is 24.1 Å². The molecule has 0 radical (unpaired) electrons. The number of alkyl halides is 1. The molecular weight excluding hydrogens is 184 g/mol. The summed E-state index contributed by atoms with van der Waals surface area (Å²) in [5, 5.41) is 0. The Morgan fingerprint density at radius 1 is 1.25 bits per heavy atom. The molecule has 0 aliphatic rings. The first-order valence-electron chi connectivity index (χ1n) is 3.33. The van der Waals surface area contributed by atoms with Gasteiger partial charge in [-0.1, -0.05) is 0 Å². The Bertz CT molecular complexity index is 200. The number of hydrogen-bond acceptors (Lipinski definition) is 4. The summed E-state index contributed by atoms with van der Waals surface area (Å²) in [4.78, 5) is 31.7. The van der Waals surface area contributed by atoms with E-state index in [2.05, 4.69) is 4.74 Å². The van der Waals surface area contributed by atoms with E-state index in [9.17, 15) is 14.4 Å². The largest absolute Gasteiger partial charge is 0.457 e. The van der Waals surface area contributed by atoms with Gasteiger partial charge in [0.25, 0.3) is 0 Å². The van der Waals surface area contributed by atoms with E-state index in [-0.39, 0.29) is 12.3 Å². The standard InChI is InChI=1S/C7H9ClO4/c1-5(9)12-4-7(11)6(10)2-3-8/h2-4H2,1H3. The van der Waals surface area contributed by atoms with Crippen molar-refractivity contribution in [3.8, 4) is 0 Å². The van der Waals surface area contributed by atoms with Crippen molar-refractivity contribution in [3.63, 3.8) is 0 Å². The molecule has 0 amide bonds. The lowest BCUT2D eigenvalue weighted by molar-refractivity contribution is -0.148. The maximum Gasteiger partial charge on any atom is 0.303 e. The highest BCUT2D eigenvalue weighted by Crippen LogP contribution is 1.90. The predicted molar refractivity (Wildman–Crippen MR) is 42.0 cm³/mol. The van der Waals surface area contributed by atoms with Gasteiger partial charge >= 0.3 is 5.97 Å². The van der Waals surface area contributed by atoms with E-state index in [1.54, 1.807) is 0 Å². The van der Waals surface area contributed by atoms with Gasteiger partial charge < -0.3 is 4.74 Å². The molecule has 0 fully saturated rings. The number of hydrogen-bond donors (Lipinski definition) is 0. The van der Waals surface area contributed by atoms with Gasteiger partial charge in [-0.2, -0.15) is 0 Å². The molecule has 0 bridgehead atoms. The van der Waals surface area contributed by atoms with Crippen LogP contribution in [0.4, 0.5) is 0 Å². The van der Waals surface area contributed by atoms with E-state index in [4.69, 9.17) is 11.6 Å². The Kier molecular flexibility index (Phi) is 5.28. The quantitative estimate of drug-likeness (QED) is 0.358. The monoisotopic (exact) mass is 192 g/mol. The van der Waals surface area contributed by atoms with Gasteiger partial charge in [0, 0.05) is 19.2 Å². The van der Waals surface area contributed by atoms with Crippen LogP contribution in [0.15, 0.2) is 0 Å². The highest BCUT2D eigenvalue weighted by atomic mass is 35.5. The van der Waals surface area contributed by atoms with Gasteiger partial charge in [-0.3, -0.25) is 14.4 Å². The second-order valence-electron chi connectivity index (χ2n) is 2.07. The van der Waals surface area contributed by atoms with Crippen molar-refractivity contribution in [2.75, 3.05) is 12.5 Å². The third-order valence-corrected chi connectivity index (χ3v) is 1.23. The van der Waals surface area contributed by atoms with Gasteiger partial charge in [-0.25, -0.2) is 0 Å². The van der Waals surface area contributed by atoms with Crippen LogP contribution in [0.2, 0.25) is 0 Å². The molecule has 0 rings (SSSR count). The maximum absolute atomic E-state index is 10.8. The van der Waals surface area contributed by atoms with Gasteiger partial charge in [-0.05, 0) is 0 Å². The summed E-state index contributed by atoms with van der Waals surface area (Å²) in [5.41, 5.74) is 0. The Morgan fingerprint density at radius 2 is 1.83 bits per heavy atom. The lowest BCUT2D eigenvalue weighted by Gasteiger charge is -1.98. The highest BCUT2D eigenvalue weighted by Gasteiger charge is 2.13. The average Bonchev–Trinajstić information content (AvgIpc) is 2.00. The summed E-state index contributed by atoms with van der Waals surface area (Å²) in [6, 6.07) is 0. The average molecular weight is 193 g/mol. The molecule has 0 saturated heterocycles. The van der Waals surface area contributed by atoms with E-state index >= 15 is 0 Å². The normalized spacial score (nSPS) is 9.17. The molecule has 12 heavy (non-hydrogen) atoms. The number of Topliss-reactive ketones (excluding diaryl/α,β-unsaturated/α-hetero) is 2. The first-order chi connectivity index (χ1) is 5.57. The van der Waals surface area contributed by atoms with Crippen LogP contribution in [0.1, 0.15) is 13.3 Å². The molecule has 0 aliphatic carbocycles. The van der Waals surface area contributed by atoms with E-state index in [1.807, 2.05) is 0 Å². The van der Waals surface area contributed by atoms with Crippen molar-refractivity contribution in [3.05, 3.63) is 0 Å². The number of rotatable bonds is 5. The third-order valence-electron chi connectivity index (χ3n) is 1.04. The zero-order valence-corrected chi connectivity index (χ0v) is 7.39. The van der Waals surface area contributed by atoms with Crippen LogP contribution in [0, 0.1) is 0 Å². The summed E-state index contributed by atoms with van der Waals surface area (Å²) < 4.78 is 4.32. The summed E-state index contributed by atoms with van der Waals surface area (Å²) in [6.45, 7) is 0.685. The molecule has 0 saturated carbocycles. The van der Waals surface area contributed by atoms with E-state index in [0.717, 1.165) is 0 Å². The summed E-state index contributed by atoms with van der Waals surface area (Å²) in [5.74, 6) is -1.80. The van der Waals surface area contributed by atoms with Crippen molar-refractivity contribution in [2.45, 2.75) is 13.3 Å². The summed E-state index contributed by atoms with van der Waals surface area (Å²) in [7, 11) is 0. The first kappa shape index (κ1) is 11.1. The van der Waals surface area contributed by atoms with Crippen LogP contribution in [0.3, 0.4) is 0 Å². The van der Waals surface area contributed by atoms with Gasteiger partial charge in [-0.15, -0.1) is 11.6 Å². The molecule has 0 atom stereocenters. The Hall–Kier alpha value is -0.900. The molecule has 0 spiro atoms. The smallest absolute Gasteiger partial charge is 0.303 e. The molecular formula is C7H9ClO4. The van der Waals surface area contributed by atoms with Crippen LogP contribution in [0.5, 0.6) is 0 Å². The van der Waals surface area contributed by atoms with Crippen molar-refractivity contribution < 1.29 is 19.1 Å². The molecule has 0 aromatic carbocycles. The molecule has 5 heteroatoms. The fraction of sp³-hybridized carbons (Fsp3) is 0.571. The minimum absolute atomic E-state index is 0.0122.